The maximum Gasteiger partial charge on any atom is 0.306 e. The minimum atomic E-state index is 0.0300. The molecule has 0 saturated heterocycles. The van der Waals surface area contributed by atoms with Crippen molar-refractivity contribution in [3.8, 4) is 0 Å². The standard InChI is InChI=1S/C30H59NO3/c1-3-5-7-9-12-16-20-28(21-17-13-10-8-6-4-2)34-29(33)22-18-14-11-15-19-25-31-26-30(27-32)23-24-30/h28,31-32H,3-27H2,1-2H3. The van der Waals surface area contributed by atoms with Gasteiger partial charge in [-0.15, -0.1) is 0 Å². The van der Waals surface area contributed by atoms with Crippen LogP contribution >= 0.6 is 0 Å². The summed E-state index contributed by atoms with van der Waals surface area (Å²) in [5.41, 5.74) is 0.211. The van der Waals surface area contributed by atoms with E-state index in [1.54, 1.807) is 0 Å². The SMILES string of the molecule is CCCCCCCCC(CCCCCCCC)OC(=O)CCCCCCCNCC1(CO)CC1. The number of hydrogen-bond acceptors (Lipinski definition) is 4. The average Bonchev–Trinajstić information content (AvgIpc) is 3.62. The van der Waals surface area contributed by atoms with Crippen molar-refractivity contribution in [2.45, 2.75) is 161 Å². The monoisotopic (exact) mass is 481 g/mol. The molecule has 0 heterocycles. The van der Waals surface area contributed by atoms with Gasteiger partial charge in [-0.1, -0.05) is 97.3 Å². The lowest BCUT2D eigenvalue weighted by Crippen LogP contribution is -2.27. The maximum atomic E-state index is 12.5. The van der Waals surface area contributed by atoms with Crippen LogP contribution in [0.25, 0.3) is 0 Å². The summed E-state index contributed by atoms with van der Waals surface area (Å²) in [6.07, 6.45) is 26.4. The summed E-state index contributed by atoms with van der Waals surface area (Å²) in [5.74, 6) is 0.0300. The zero-order valence-corrected chi connectivity index (χ0v) is 23.0. The molecule has 1 fully saturated rings. The van der Waals surface area contributed by atoms with Crippen LogP contribution < -0.4 is 5.32 Å². The Morgan fingerprint density at radius 3 is 1.79 bits per heavy atom. The summed E-state index contributed by atoms with van der Waals surface area (Å²) >= 11 is 0. The second-order valence-electron chi connectivity index (χ2n) is 11.1. The summed E-state index contributed by atoms with van der Waals surface area (Å²) in [5, 5.41) is 12.8. The number of carbonyl (C=O) groups is 1. The second kappa shape index (κ2) is 21.7. The molecule has 0 unspecified atom stereocenters. The molecular formula is C30H59NO3. The predicted molar refractivity (Wildman–Crippen MR) is 145 cm³/mol. The van der Waals surface area contributed by atoms with Gasteiger partial charge in [0.2, 0.25) is 0 Å². The Hall–Kier alpha value is -0.610. The largest absolute Gasteiger partial charge is 0.462 e. The van der Waals surface area contributed by atoms with Crippen molar-refractivity contribution >= 4 is 5.97 Å². The number of ether oxygens (including phenoxy) is 1. The Morgan fingerprint density at radius 2 is 1.26 bits per heavy atom. The number of nitrogens with one attached hydrogen (secondary N) is 1. The number of unbranched alkanes of at least 4 members (excludes halogenated alkanes) is 14. The van der Waals surface area contributed by atoms with E-state index in [9.17, 15) is 9.90 Å². The molecule has 4 heteroatoms. The van der Waals surface area contributed by atoms with Crippen LogP contribution in [0.15, 0.2) is 0 Å². The maximum absolute atomic E-state index is 12.5. The van der Waals surface area contributed by atoms with Crippen LogP contribution in [0.3, 0.4) is 0 Å². The number of aliphatic hydroxyl groups excluding tert-OH is 1. The Bertz CT molecular complexity index is 448. The molecular weight excluding hydrogens is 422 g/mol. The number of aliphatic hydroxyl groups is 1. The summed E-state index contributed by atoms with van der Waals surface area (Å²) in [4.78, 5) is 12.5. The molecule has 1 rings (SSSR count). The van der Waals surface area contributed by atoms with Crippen molar-refractivity contribution in [1.82, 2.24) is 5.32 Å². The summed E-state index contributed by atoms with van der Waals surface area (Å²) in [6, 6.07) is 0. The highest BCUT2D eigenvalue weighted by molar-refractivity contribution is 5.69. The lowest BCUT2D eigenvalue weighted by Gasteiger charge is -2.18. The first-order valence-electron chi connectivity index (χ1n) is 15.2. The van der Waals surface area contributed by atoms with Crippen molar-refractivity contribution in [1.29, 1.82) is 0 Å². The number of rotatable bonds is 26. The van der Waals surface area contributed by atoms with Crippen molar-refractivity contribution in [3.05, 3.63) is 0 Å². The first-order chi connectivity index (χ1) is 16.7. The van der Waals surface area contributed by atoms with Crippen LogP contribution in [0.1, 0.15) is 155 Å². The van der Waals surface area contributed by atoms with E-state index >= 15 is 0 Å². The fraction of sp³-hybridized carbons (Fsp3) is 0.967. The van der Waals surface area contributed by atoms with Crippen molar-refractivity contribution in [3.63, 3.8) is 0 Å². The van der Waals surface area contributed by atoms with Gasteiger partial charge in [-0.3, -0.25) is 4.79 Å². The van der Waals surface area contributed by atoms with E-state index in [0.717, 1.165) is 38.8 Å². The zero-order chi connectivity index (χ0) is 24.7. The van der Waals surface area contributed by atoms with Gasteiger partial charge in [-0.25, -0.2) is 0 Å². The van der Waals surface area contributed by atoms with E-state index in [1.807, 2.05) is 0 Å². The Morgan fingerprint density at radius 1 is 0.765 bits per heavy atom. The lowest BCUT2D eigenvalue weighted by molar-refractivity contribution is -0.150. The van der Waals surface area contributed by atoms with E-state index < -0.39 is 0 Å². The summed E-state index contributed by atoms with van der Waals surface area (Å²) < 4.78 is 5.94. The fourth-order valence-corrected chi connectivity index (χ4v) is 4.78. The fourth-order valence-electron chi connectivity index (χ4n) is 4.78. The van der Waals surface area contributed by atoms with Crippen LogP contribution in [-0.2, 0) is 9.53 Å². The van der Waals surface area contributed by atoms with E-state index in [-0.39, 0.29) is 17.5 Å². The van der Waals surface area contributed by atoms with E-state index in [0.29, 0.717) is 13.0 Å². The van der Waals surface area contributed by atoms with E-state index in [4.69, 9.17) is 4.74 Å². The Kier molecular flexibility index (Phi) is 20.0. The summed E-state index contributed by atoms with van der Waals surface area (Å²) in [6.45, 7) is 6.86. The van der Waals surface area contributed by atoms with Gasteiger partial charge in [0.05, 0.1) is 0 Å². The smallest absolute Gasteiger partial charge is 0.306 e. The Labute approximate surface area is 212 Å². The third-order valence-corrected chi connectivity index (χ3v) is 7.58. The molecule has 202 valence electrons. The predicted octanol–water partition coefficient (Wildman–Crippen LogP) is 8.10. The molecule has 0 atom stereocenters. The number of hydrogen-bond donors (Lipinski definition) is 2. The third kappa shape index (κ3) is 17.8. The molecule has 0 aliphatic heterocycles. The number of esters is 1. The van der Waals surface area contributed by atoms with Crippen LogP contribution in [-0.4, -0.2) is 36.9 Å². The quantitative estimate of drug-likeness (QED) is 0.0967. The molecule has 1 aliphatic rings. The highest BCUT2D eigenvalue weighted by Gasteiger charge is 2.41. The van der Waals surface area contributed by atoms with Gasteiger partial charge >= 0.3 is 5.97 Å². The van der Waals surface area contributed by atoms with Crippen LogP contribution in [0.5, 0.6) is 0 Å². The van der Waals surface area contributed by atoms with Crippen molar-refractivity contribution in [2.75, 3.05) is 19.7 Å². The van der Waals surface area contributed by atoms with Crippen LogP contribution in [0.2, 0.25) is 0 Å². The molecule has 0 aromatic heterocycles. The van der Waals surface area contributed by atoms with Crippen molar-refractivity contribution in [2.24, 2.45) is 5.41 Å². The zero-order valence-electron chi connectivity index (χ0n) is 23.0. The highest BCUT2D eigenvalue weighted by Crippen LogP contribution is 2.44. The average molecular weight is 482 g/mol. The van der Waals surface area contributed by atoms with Gasteiger partial charge in [0.1, 0.15) is 6.10 Å². The van der Waals surface area contributed by atoms with Crippen LogP contribution in [0, 0.1) is 5.41 Å². The molecule has 4 nitrogen and oxygen atoms in total. The van der Waals surface area contributed by atoms with Gasteiger partial charge in [0.15, 0.2) is 0 Å². The molecule has 0 spiro atoms. The molecule has 0 bridgehead atoms. The Balaban J connectivity index is 2.08. The normalized spacial score (nSPS) is 14.6. The molecule has 0 aromatic carbocycles. The first-order valence-corrected chi connectivity index (χ1v) is 15.2. The van der Waals surface area contributed by atoms with Crippen molar-refractivity contribution < 1.29 is 14.6 Å². The molecule has 1 saturated carbocycles. The molecule has 0 amide bonds. The van der Waals surface area contributed by atoms with Gasteiger partial charge < -0.3 is 15.2 Å². The second-order valence-corrected chi connectivity index (χ2v) is 11.1. The van der Waals surface area contributed by atoms with Gasteiger partial charge in [-0.05, 0) is 57.9 Å². The van der Waals surface area contributed by atoms with Gasteiger partial charge in [0.25, 0.3) is 0 Å². The first kappa shape index (κ1) is 31.4. The van der Waals surface area contributed by atoms with Gasteiger partial charge in [0, 0.05) is 25.0 Å². The van der Waals surface area contributed by atoms with E-state index in [2.05, 4.69) is 19.2 Å². The molecule has 2 N–H and O–H groups in total. The third-order valence-electron chi connectivity index (χ3n) is 7.58. The molecule has 0 aromatic rings. The molecule has 1 aliphatic carbocycles. The van der Waals surface area contributed by atoms with Gasteiger partial charge in [-0.2, -0.15) is 0 Å². The highest BCUT2D eigenvalue weighted by atomic mass is 16.5. The van der Waals surface area contributed by atoms with E-state index in [1.165, 1.54) is 109 Å². The topological polar surface area (TPSA) is 58.6 Å². The van der Waals surface area contributed by atoms with Crippen LogP contribution in [0.4, 0.5) is 0 Å². The molecule has 0 radical (unpaired) electrons. The lowest BCUT2D eigenvalue weighted by atomic mass is 10.0. The minimum Gasteiger partial charge on any atom is -0.462 e. The number of carbonyl (C=O) groups excluding carboxylic acids is 1. The molecule has 34 heavy (non-hydrogen) atoms. The minimum absolute atomic E-state index is 0.0300. The summed E-state index contributed by atoms with van der Waals surface area (Å²) in [7, 11) is 0.